The van der Waals surface area contributed by atoms with Crippen LogP contribution in [0.1, 0.15) is 56.2 Å². The number of hydrogen-bond acceptors (Lipinski definition) is 3. The van der Waals surface area contributed by atoms with E-state index in [0.717, 1.165) is 58.1 Å². The monoisotopic (exact) mass is 447 g/mol. The molecule has 0 N–H and O–H groups in total. The van der Waals surface area contributed by atoms with Crippen LogP contribution >= 0.6 is 0 Å². The number of likely N-dealkylation sites (N-methyl/N-ethyl adjacent to an activating group) is 1. The summed E-state index contributed by atoms with van der Waals surface area (Å²) < 4.78 is 0. The molecule has 4 heteroatoms. The first-order chi connectivity index (χ1) is 16.2. The lowest BCUT2D eigenvalue weighted by Crippen LogP contribution is -2.49. The minimum Gasteiger partial charge on any atom is -0.343 e. The lowest BCUT2D eigenvalue weighted by molar-refractivity contribution is -0.120. The number of aryl methyl sites for hydroxylation is 1. The third kappa shape index (κ3) is 6.24. The van der Waals surface area contributed by atoms with Crippen molar-refractivity contribution in [2.45, 2.75) is 65.0 Å². The minimum absolute atomic E-state index is 0.828. The Bertz CT molecular complexity index is 880. The maximum atomic E-state index is 10.5. The van der Waals surface area contributed by atoms with Gasteiger partial charge >= 0.3 is 0 Å². The standard InChI is InChI=1S/C19H23N.C10H18N2O/c1-3-15-5-7-16(8-6-15)17-9-10-19-14-20(4-2)12-11-18(19)13-17;13-9-11-5-7-12(8-6-11)10-3-1-2-4-10/h5-10,13H,3-4,11-12,14H2,1-2H3;9-10H,1-8H2. The van der Waals surface area contributed by atoms with Gasteiger partial charge in [0.1, 0.15) is 0 Å². The zero-order chi connectivity index (χ0) is 23.0. The van der Waals surface area contributed by atoms with Crippen LogP contribution in [0.5, 0.6) is 0 Å². The molecule has 0 atom stereocenters. The first-order valence-corrected chi connectivity index (χ1v) is 13.1. The van der Waals surface area contributed by atoms with Crippen molar-refractivity contribution in [3.8, 4) is 11.1 Å². The van der Waals surface area contributed by atoms with Crippen molar-refractivity contribution in [2.24, 2.45) is 0 Å². The van der Waals surface area contributed by atoms with Crippen LogP contribution in [0.2, 0.25) is 0 Å². The van der Waals surface area contributed by atoms with Gasteiger partial charge in [0.25, 0.3) is 0 Å². The van der Waals surface area contributed by atoms with Gasteiger partial charge in [-0.15, -0.1) is 0 Å². The summed E-state index contributed by atoms with van der Waals surface area (Å²) in [4.78, 5) is 17.5. The number of amides is 1. The average Bonchev–Trinajstić information content (AvgIpc) is 3.44. The topological polar surface area (TPSA) is 26.8 Å². The number of rotatable bonds is 5. The van der Waals surface area contributed by atoms with Gasteiger partial charge in [-0.3, -0.25) is 14.6 Å². The molecule has 1 amide bonds. The van der Waals surface area contributed by atoms with Gasteiger partial charge in [0, 0.05) is 45.3 Å². The van der Waals surface area contributed by atoms with Crippen LogP contribution in [-0.4, -0.2) is 66.4 Å². The molecule has 5 rings (SSSR count). The molecule has 33 heavy (non-hydrogen) atoms. The van der Waals surface area contributed by atoms with Crippen LogP contribution in [-0.2, 0) is 24.2 Å². The largest absolute Gasteiger partial charge is 0.343 e. The quantitative estimate of drug-likeness (QED) is 0.604. The van der Waals surface area contributed by atoms with Gasteiger partial charge in [-0.2, -0.15) is 0 Å². The fourth-order valence-electron chi connectivity index (χ4n) is 5.47. The normalized spacial score (nSPS) is 19.6. The summed E-state index contributed by atoms with van der Waals surface area (Å²) in [6.07, 6.45) is 8.83. The van der Waals surface area contributed by atoms with E-state index in [0.29, 0.717) is 0 Å². The Hall–Kier alpha value is -2.17. The van der Waals surface area contributed by atoms with Gasteiger partial charge in [0.05, 0.1) is 0 Å². The van der Waals surface area contributed by atoms with Crippen molar-refractivity contribution in [3.63, 3.8) is 0 Å². The second-order valence-electron chi connectivity index (χ2n) is 9.77. The highest BCUT2D eigenvalue weighted by molar-refractivity contribution is 5.65. The van der Waals surface area contributed by atoms with E-state index in [1.165, 1.54) is 66.5 Å². The second-order valence-corrected chi connectivity index (χ2v) is 9.77. The molecule has 2 fully saturated rings. The highest BCUT2D eigenvalue weighted by Gasteiger charge is 2.25. The Morgan fingerprint density at radius 2 is 1.55 bits per heavy atom. The van der Waals surface area contributed by atoms with Crippen molar-refractivity contribution < 1.29 is 4.79 Å². The zero-order valence-electron chi connectivity index (χ0n) is 20.6. The number of carbonyl (C=O) groups excluding carboxylic acids is 1. The van der Waals surface area contributed by atoms with Crippen molar-refractivity contribution in [2.75, 3.05) is 39.3 Å². The molecule has 1 saturated carbocycles. The zero-order valence-corrected chi connectivity index (χ0v) is 20.6. The van der Waals surface area contributed by atoms with Gasteiger partial charge < -0.3 is 4.90 Å². The Morgan fingerprint density at radius 1 is 0.848 bits per heavy atom. The summed E-state index contributed by atoms with van der Waals surface area (Å²) >= 11 is 0. The van der Waals surface area contributed by atoms with Gasteiger partial charge in [-0.25, -0.2) is 0 Å². The van der Waals surface area contributed by atoms with E-state index in [4.69, 9.17) is 0 Å². The third-order valence-corrected chi connectivity index (χ3v) is 7.78. The van der Waals surface area contributed by atoms with E-state index >= 15 is 0 Å². The second kappa shape index (κ2) is 11.8. The number of nitrogens with zero attached hydrogens (tertiary/aromatic N) is 3. The number of carbonyl (C=O) groups is 1. The fourth-order valence-corrected chi connectivity index (χ4v) is 5.47. The molecule has 2 aromatic carbocycles. The van der Waals surface area contributed by atoms with E-state index in [2.05, 4.69) is 66.1 Å². The number of piperazine rings is 1. The number of fused-ring (bicyclic) bond motifs is 1. The number of hydrogen-bond donors (Lipinski definition) is 0. The number of benzene rings is 2. The first-order valence-electron chi connectivity index (χ1n) is 13.1. The molecule has 2 aromatic rings. The highest BCUT2D eigenvalue weighted by atomic mass is 16.1. The SMILES string of the molecule is CCc1ccc(-c2ccc3c(c2)CCN(CC)C3)cc1.O=CN1CCN(C2CCCC2)CC1. The molecule has 0 radical (unpaired) electrons. The van der Waals surface area contributed by atoms with Gasteiger partial charge in [-0.1, -0.05) is 69.2 Å². The van der Waals surface area contributed by atoms with Gasteiger partial charge in [-0.05, 0) is 60.0 Å². The molecule has 4 nitrogen and oxygen atoms in total. The molecular formula is C29H41N3O. The van der Waals surface area contributed by atoms with Crippen LogP contribution in [0.3, 0.4) is 0 Å². The third-order valence-electron chi connectivity index (χ3n) is 7.78. The van der Waals surface area contributed by atoms with Gasteiger partial charge in [0.15, 0.2) is 0 Å². The molecule has 3 aliphatic rings. The smallest absolute Gasteiger partial charge is 0.209 e. The molecule has 0 aromatic heterocycles. The van der Waals surface area contributed by atoms with Crippen molar-refractivity contribution >= 4 is 6.41 Å². The highest BCUT2D eigenvalue weighted by Crippen LogP contribution is 2.27. The lowest BCUT2D eigenvalue weighted by atomic mass is 9.94. The fraction of sp³-hybridized carbons (Fsp3) is 0.552. The maximum absolute atomic E-state index is 10.5. The average molecular weight is 448 g/mol. The van der Waals surface area contributed by atoms with Gasteiger partial charge in [0.2, 0.25) is 6.41 Å². The Balaban J connectivity index is 0.000000172. The molecule has 1 aliphatic carbocycles. The molecule has 0 bridgehead atoms. The van der Waals surface area contributed by atoms with Crippen molar-refractivity contribution in [1.29, 1.82) is 0 Å². The Morgan fingerprint density at radius 3 is 2.18 bits per heavy atom. The van der Waals surface area contributed by atoms with E-state index in [-0.39, 0.29) is 0 Å². The summed E-state index contributed by atoms with van der Waals surface area (Å²) in [6, 6.07) is 16.8. The summed E-state index contributed by atoms with van der Waals surface area (Å²) in [5.41, 5.74) is 7.14. The van der Waals surface area contributed by atoms with E-state index in [9.17, 15) is 4.79 Å². The minimum atomic E-state index is 0.828. The first kappa shape index (κ1) is 24.0. The summed E-state index contributed by atoms with van der Waals surface area (Å²) in [7, 11) is 0. The van der Waals surface area contributed by atoms with E-state index in [1.807, 2.05) is 4.90 Å². The van der Waals surface area contributed by atoms with Crippen molar-refractivity contribution in [3.05, 3.63) is 59.2 Å². The molecular weight excluding hydrogens is 406 g/mol. The molecule has 2 aliphatic heterocycles. The molecule has 1 saturated heterocycles. The van der Waals surface area contributed by atoms with Crippen LogP contribution < -0.4 is 0 Å². The predicted octanol–water partition coefficient (Wildman–Crippen LogP) is 5.00. The Labute approximate surface area is 200 Å². The maximum Gasteiger partial charge on any atom is 0.209 e. The van der Waals surface area contributed by atoms with Crippen LogP contribution in [0.15, 0.2) is 42.5 Å². The molecule has 0 unspecified atom stereocenters. The molecule has 0 spiro atoms. The summed E-state index contributed by atoms with van der Waals surface area (Å²) in [5.74, 6) is 0. The molecule has 2 heterocycles. The lowest BCUT2D eigenvalue weighted by Gasteiger charge is -2.36. The van der Waals surface area contributed by atoms with Crippen LogP contribution in [0.25, 0.3) is 11.1 Å². The molecule has 178 valence electrons. The van der Waals surface area contributed by atoms with Crippen LogP contribution in [0, 0.1) is 0 Å². The van der Waals surface area contributed by atoms with E-state index < -0.39 is 0 Å². The van der Waals surface area contributed by atoms with Crippen molar-refractivity contribution in [1.82, 2.24) is 14.7 Å². The summed E-state index contributed by atoms with van der Waals surface area (Å²) in [5, 5.41) is 0. The Kier molecular flexibility index (Phi) is 8.57. The van der Waals surface area contributed by atoms with Crippen LogP contribution in [0.4, 0.5) is 0 Å². The van der Waals surface area contributed by atoms with E-state index in [1.54, 1.807) is 0 Å². The summed E-state index contributed by atoms with van der Waals surface area (Å²) in [6.45, 7) is 11.9. The predicted molar refractivity (Wildman–Crippen MR) is 137 cm³/mol.